The largest absolute Gasteiger partial charge is 0.508 e. The third kappa shape index (κ3) is 1.01. The maximum Gasteiger partial charge on any atom is 0.271 e. The van der Waals surface area contributed by atoms with Crippen LogP contribution in [0.15, 0.2) is 22.6 Å². The Hall–Kier alpha value is -1.29. The summed E-state index contributed by atoms with van der Waals surface area (Å²) >= 11 is 1.25. The first-order chi connectivity index (χ1) is 5.25. The molecular weight excluding hydrogens is 162 g/mol. The van der Waals surface area contributed by atoms with Gasteiger partial charge in [-0.1, -0.05) is 11.3 Å². The van der Waals surface area contributed by atoms with Crippen molar-refractivity contribution in [2.24, 2.45) is 0 Å². The van der Waals surface area contributed by atoms with Crippen LogP contribution in [0.1, 0.15) is 0 Å². The molecule has 0 aliphatic heterocycles. The number of phenolic OH excluding ortho intramolecular Hbond substituents is 1. The van der Waals surface area contributed by atoms with Gasteiger partial charge in [0, 0.05) is 6.07 Å². The van der Waals surface area contributed by atoms with E-state index < -0.39 is 0 Å². The lowest BCUT2D eigenvalue weighted by Gasteiger charge is -1.87. The van der Waals surface area contributed by atoms with Crippen LogP contribution in [-0.4, -0.2) is 5.11 Å². The molecular formula is C7H5NO2S. The zero-order chi connectivity index (χ0) is 7.84. The lowest BCUT2D eigenvalue weighted by Crippen LogP contribution is -1.79. The molecule has 2 N–H and O–H groups in total. The molecule has 3 nitrogen and oxygen atoms in total. The molecule has 1 heterocycles. The Morgan fingerprint density at radius 2 is 2.27 bits per heavy atom. The molecule has 0 saturated carbocycles. The third-order valence-electron chi connectivity index (χ3n) is 1.33. The number of fused-ring (bicyclic) bond motifs is 1. The van der Waals surface area contributed by atoms with Crippen LogP contribution >= 0.6 is 11.3 Å². The van der Waals surface area contributed by atoms with Crippen molar-refractivity contribution in [1.82, 2.24) is 0 Å². The summed E-state index contributed by atoms with van der Waals surface area (Å²) < 4.78 is 5.86. The first kappa shape index (κ1) is 6.42. The molecule has 2 aromatic rings. The van der Waals surface area contributed by atoms with Crippen LogP contribution in [0, 0.1) is 5.41 Å². The number of hydrogen-bond acceptors (Lipinski definition) is 4. The second-order valence-corrected chi connectivity index (χ2v) is 3.14. The molecule has 0 saturated heterocycles. The second kappa shape index (κ2) is 2.10. The summed E-state index contributed by atoms with van der Waals surface area (Å²) in [6, 6.07) is 4.81. The Morgan fingerprint density at radius 1 is 1.45 bits per heavy atom. The second-order valence-electron chi connectivity index (χ2n) is 2.12. The molecule has 0 fully saturated rings. The van der Waals surface area contributed by atoms with Crippen molar-refractivity contribution in [3.63, 3.8) is 0 Å². The van der Waals surface area contributed by atoms with Gasteiger partial charge in [-0.2, -0.15) is 0 Å². The number of phenols is 1. The molecule has 0 bridgehead atoms. The van der Waals surface area contributed by atoms with E-state index in [1.54, 1.807) is 12.1 Å². The molecule has 0 aliphatic carbocycles. The monoisotopic (exact) mass is 167 g/mol. The predicted molar refractivity (Wildman–Crippen MR) is 41.6 cm³/mol. The molecule has 56 valence electrons. The van der Waals surface area contributed by atoms with Gasteiger partial charge < -0.3 is 9.52 Å². The van der Waals surface area contributed by atoms with Gasteiger partial charge in [-0.05, 0) is 12.1 Å². The molecule has 2 rings (SSSR count). The lowest BCUT2D eigenvalue weighted by atomic mass is 10.3. The molecule has 0 radical (unpaired) electrons. The highest BCUT2D eigenvalue weighted by atomic mass is 32.1. The SMILES string of the molecule is N=c1oc2cc(O)ccc2s1. The van der Waals surface area contributed by atoms with E-state index in [9.17, 15) is 0 Å². The number of nitrogens with one attached hydrogen (secondary N) is 1. The number of benzene rings is 1. The van der Waals surface area contributed by atoms with Crippen molar-refractivity contribution >= 4 is 21.6 Å². The predicted octanol–water partition coefficient (Wildman–Crippen LogP) is 1.68. The molecule has 11 heavy (non-hydrogen) atoms. The minimum Gasteiger partial charge on any atom is -0.508 e. The molecule has 1 aromatic heterocycles. The Labute approximate surface area is 66.0 Å². The van der Waals surface area contributed by atoms with Crippen LogP contribution in [0.5, 0.6) is 5.75 Å². The quantitative estimate of drug-likeness (QED) is 0.627. The highest BCUT2D eigenvalue weighted by molar-refractivity contribution is 7.16. The fourth-order valence-electron chi connectivity index (χ4n) is 0.881. The van der Waals surface area contributed by atoms with E-state index in [1.807, 2.05) is 0 Å². The van der Waals surface area contributed by atoms with Gasteiger partial charge in [-0.25, -0.2) is 0 Å². The van der Waals surface area contributed by atoms with E-state index in [2.05, 4.69) is 0 Å². The van der Waals surface area contributed by atoms with Gasteiger partial charge in [0.25, 0.3) is 4.87 Å². The molecule has 1 aromatic carbocycles. The standard InChI is InChI=1S/C7H5NO2S/c8-7-10-5-3-4(9)1-2-6(5)11-7/h1-3,8-9H. The van der Waals surface area contributed by atoms with Gasteiger partial charge in [-0.3, -0.25) is 5.41 Å². The number of hydrogen-bond donors (Lipinski definition) is 2. The zero-order valence-corrected chi connectivity index (χ0v) is 6.31. The lowest BCUT2D eigenvalue weighted by molar-refractivity contribution is 0.473. The highest BCUT2D eigenvalue weighted by Gasteiger charge is 1.99. The third-order valence-corrected chi connectivity index (χ3v) is 2.16. The van der Waals surface area contributed by atoms with E-state index in [0.29, 0.717) is 5.58 Å². The summed E-state index contributed by atoms with van der Waals surface area (Å²) in [5, 5.41) is 16.2. The summed E-state index contributed by atoms with van der Waals surface area (Å²) in [5.41, 5.74) is 0.569. The summed E-state index contributed by atoms with van der Waals surface area (Å²) in [5.74, 6) is 0.166. The van der Waals surface area contributed by atoms with E-state index in [-0.39, 0.29) is 10.6 Å². The molecule has 0 spiro atoms. The zero-order valence-electron chi connectivity index (χ0n) is 5.50. The first-order valence-electron chi connectivity index (χ1n) is 3.03. The van der Waals surface area contributed by atoms with Crippen molar-refractivity contribution < 1.29 is 9.52 Å². The van der Waals surface area contributed by atoms with Crippen LogP contribution in [0.2, 0.25) is 0 Å². The van der Waals surface area contributed by atoms with Gasteiger partial charge in [0.05, 0.1) is 4.70 Å². The minimum absolute atomic E-state index is 0.158. The highest BCUT2D eigenvalue weighted by Crippen LogP contribution is 2.21. The van der Waals surface area contributed by atoms with Crippen LogP contribution in [0.3, 0.4) is 0 Å². The molecule has 0 aliphatic rings. The van der Waals surface area contributed by atoms with Crippen LogP contribution in [0.25, 0.3) is 10.3 Å². The average molecular weight is 167 g/mol. The van der Waals surface area contributed by atoms with Crippen LogP contribution in [-0.2, 0) is 0 Å². The first-order valence-corrected chi connectivity index (χ1v) is 3.84. The van der Waals surface area contributed by atoms with E-state index in [0.717, 1.165) is 4.70 Å². The van der Waals surface area contributed by atoms with Gasteiger partial charge in [0.2, 0.25) is 0 Å². The van der Waals surface area contributed by atoms with E-state index >= 15 is 0 Å². The molecule has 0 atom stereocenters. The summed E-state index contributed by atoms with van der Waals surface area (Å²) in [4.78, 5) is 0.158. The number of aromatic hydroxyl groups is 1. The fourth-order valence-corrected chi connectivity index (χ4v) is 1.55. The minimum atomic E-state index is 0.158. The van der Waals surface area contributed by atoms with Crippen LogP contribution < -0.4 is 4.87 Å². The van der Waals surface area contributed by atoms with Crippen molar-refractivity contribution in [3.05, 3.63) is 23.1 Å². The van der Waals surface area contributed by atoms with Crippen molar-refractivity contribution in [3.8, 4) is 5.75 Å². The van der Waals surface area contributed by atoms with E-state index in [1.165, 1.54) is 17.4 Å². The molecule has 0 amide bonds. The Morgan fingerprint density at radius 3 is 3.09 bits per heavy atom. The fraction of sp³-hybridized carbons (Fsp3) is 0. The summed E-state index contributed by atoms with van der Waals surface area (Å²) in [7, 11) is 0. The van der Waals surface area contributed by atoms with Crippen molar-refractivity contribution in [2.75, 3.05) is 0 Å². The van der Waals surface area contributed by atoms with Crippen molar-refractivity contribution in [1.29, 1.82) is 5.41 Å². The Kier molecular flexibility index (Phi) is 1.22. The summed E-state index contributed by atoms with van der Waals surface area (Å²) in [6.45, 7) is 0. The number of rotatable bonds is 0. The average Bonchev–Trinajstić information content (AvgIpc) is 2.27. The topological polar surface area (TPSA) is 57.2 Å². The maximum atomic E-state index is 9.02. The van der Waals surface area contributed by atoms with Gasteiger partial charge >= 0.3 is 0 Å². The van der Waals surface area contributed by atoms with Crippen molar-refractivity contribution in [2.45, 2.75) is 0 Å². The van der Waals surface area contributed by atoms with E-state index in [4.69, 9.17) is 14.9 Å². The Bertz CT molecular complexity index is 443. The maximum absolute atomic E-state index is 9.02. The van der Waals surface area contributed by atoms with Gasteiger partial charge in [0.1, 0.15) is 5.75 Å². The normalized spacial score (nSPS) is 10.5. The smallest absolute Gasteiger partial charge is 0.271 e. The molecule has 0 unspecified atom stereocenters. The van der Waals surface area contributed by atoms with Crippen LogP contribution in [0.4, 0.5) is 0 Å². The van der Waals surface area contributed by atoms with Gasteiger partial charge in [0.15, 0.2) is 5.58 Å². The summed E-state index contributed by atoms with van der Waals surface area (Å²) in [6.07, 6.45) is 0. The Balaban J connectivity index is 2.92. The van der Waals surface area contributed by atoms with Gasteiger partial charge in [-0.15, -0.1) is 0 Å². The molecule has 4 heteroatoms.